The van der Waals surface area contributed by atoms with Crippen molar-refractivity contribution in [1.82, 2.24) is 0 Å². The van der Waals surface area contributed by atoms with Gasteiger partial charge in [0.1, 0.15) is 0 Å². The van der Waals surface area contributed by atoms with E-state index < -0.39 is 11.9 Å². The van der Waals surface area contributed by atoms with Gasteiger partial charge in [0.25, 0.3) is 0 Å². The maximum atomic E-state index is 10.3. The van der Waals surface area contributed by atoms with Crippen LogP contribution in [0.25, 0.3) is 0 Å². The highest BCUT2D eigenvalue weighted by atomic mass is 32.1. The van der Waals surface area contributed by atoms with Crippen molar-refractivity contribution in [2.24, 2.45) is 0 Å². The topological polar surface area (TPSA) is 106 Å². The van der Waals surface area contributed by atoms with Crippen LogP contribution < -0.4 is 15.9 Å². The lowest BCUT2D eigenvalue weighted by Crippen LogP contribution is -2.21. The fraction of sp³-hybridized carbons (Fsp3) is 0.500. The maximum Gasteiger partial charge on any atom is 0.0458 e. The summed E-state index contributed by atoms with van der Waals surface area (Å²) < 4.78 is 0. The molecule has 0 amide bonds. The molecule has 5 nitrogen and oxygen atoms in total. The number of carbonyl (C=O) groups excluding carboxylic acids is 2. The van der Waals surface area contributed by atoms with Crippen LogP contribution in [0.3, 0.4) is 0 Å². The second kappa shape index (κ2) is 7.00. The molecule has 0 aromatic carbocycles. The summed E-state index contributed by atoms with van der Waals surface area (Å²) >= 11 is 1.51. The first-order valence-corrected chi connectivity index (χ1v) is 6.57. The molecule has 0 saturated carbocycles. The molecule has 1 aromatic heterocycles. The molecule has 0 radical (unpaired) electrons. The van der Waals surface area contributed by atoms with E-state index in [0.717, 1.165) is 9.75 Å². The van der Waals surface area contributed by atoms with E-state index in [1.807, 2.05) is 6.07 Å². The van der Waals surface area contributed by atoms with Crippen molar-refractivity contribution in [3.05, 3.63) is 15.8 Å². The SMILES string of the molecule is Nc1cc(CCCC(=O)[O-])sc1CCCC(=O)[O-]. The zero-order valence-corrected chi connectivity index (χ0v) is 10.8. The number of hydrogen-bond donors (Lipinski definition) is 1. The molecule has 100 valence electrons. The number of carboxylic acid groups (broad SMARTS) is 2. The Morgan fingerprint density at radius 2 is 1.67 bits per heavy atom. The van der Waals surface area contributed by atoms with Gasteiger partial charge in [-0.3, -0.25) is 0 Å². The summed E-state index contributed by atoms with van der Waals surface area (Å²) in [6, 6.07) is 1.83. The van der Waals surface area contributed by atoms with E-state index in [9.17, 15) is 19.8 Å². The van der Waals surface area contributed by atoms with Gasteiger partial charge in [-0.25, -0.2) is 0 Å². The smallest absolute Gasteiger partial charge is 0.0458 e. The minimum atomic E-state index is -1.06. The Bertz CT molecular complexity index is 428. The van der Waals surface area contributed by atoms with Gasteiger partial charge in [0, 0.05) is 27.4 Å². The number of aryl methyl sites for hydroxylation is 2. The van der Waals surface area contributed by atoms with Crippen molar-refractivity contribution in [3.63, 3.8) is 0 Å². The molecule has 1 rings (SSSR count). The zero-order chi connectivity index (χ0) is 13.5. The molecule has 0 atom stereocenters. The van der Waals surface area contributed by atoms with E-state index in [2.05, 4.69) is 0 Å². The molecule has 0 saturated heterocycles. The zero-order valence-electron chi connectivity index (χ0n) is 9.94. The Morgan fingerprint density at radius 3 is 2.22 bits per heavy atom. The van der Waals surface area contributed by atoms with Crippen LogP contribution in [-0.2, 0) is 22.4 Å². The Kier molecular flexibility index (Phi) is 5.64. The molecule has 0 bridgehead atoms. The third kappa shape index (κ3) is 5.18. The molecule has 0 aliphatic rings. The fourth-order valence-corrected chi connectivity index (χ4v) is 2.79. The van der Waals surface area contributed by atoms with Crippen LogP contribution in [0.5, 0.6) is 0 Å². The molecule has 2 N–H and O–H groups in total. The summed E-state index contributed by atoms with van der Waals surface area (Å²) in [5.74, 6) is -2.10. The third-order valence-corrected chi connectivity index (χ3v) is 3.75. The first kappa shape index (κ1) is 14.5. The first-order valence-electron chi connectivity index (χ1n) is 5.75. The van der Waals surface area contributed by atoms with Gasteiger partial charge in [-0.1, -0.05) is 0 Å². The summed E-state index contributed by atoms with van der Waals surface area (Å²) in [6.07, 6.45) is 2.37. The number of anilines is 1. The van der Waals surface area contributed by atoms with Gasteiger partial charge < -0.3 is 25.5 Å². The number of hydrogen-bond acceptors (Lipinski definition) is 6. The van der Waals surface area contributed by atoms with Gasteiger partial charge in [0.15, 0.2) is 0 Å². The Morgan fingerprint density at radius 1 is 1.11 bits per heavy atom. The van der Waals surface area contributed by atoms with Gasteiger partial charge in [0.05, 0.1) is 0 Å². The number of nitrogens with two attached hydrogens (primary N) is 1. The van der Waals surface area contributed by atoms with Crippen molar-refractivity contribution in [2.45, 2.75) is 38.5 Å². The third-order valence-electron chi connectivity index (χ3n) is 2.48. The molecule has 0 fully saturated rings. The first-order chi connectivity index (χ1) is 8.49. The summed E-state index contributed by atoms with van der Waals surface area (Å²) in [5.41, 5.74) is 6.46. The molecule has 0 aliphatic carbocycles. The molecule has 18 heavy (non-hydrogen) atoms. The van der Waals surface area contributed by atoms with Crippen molar-refractivity contribution >= 4 is 29.0 Å². The van der Waals surface area contributed by atoms with E-state index in [1.165, 1.54) is 11.3 Å². The molecular formula is C12H15NO4S-2. The van der Waals surface area contributed by atoms with Crippen LogP contribution in [0.4, 0.5) is 5.69 Å². The number of rotatable bonds is 8. The monoisotopic (exact) mass is 269 g/mol. The lowest BCUT2D eigenvalue weighted by atomic mass is 10.2. The summed E-state index contributed by atoms with van der Waals surface area (Å²) in [5, 5.41) is 20.6. The largest absolute Gasteiger partial charge is 0.550 e. The quantitative estimate of drug-likeness (QED) is 0.683. The maximum absolute atomic E-state index is 10.3. The van der Waals surface area contributed by atoms with Crippen LogP contribution in [0.1, 0.15) is 35.4 Å². The van der Waals surface area contributed by atoms with Gasteiger partial charge >= 0.3 is 0 Å². The standard InChI is InChI=1S/C12H17NO4S/c13-9-7-8(3-1-5-11(14)15)18-10(9)4-2-6-12(16)17/h7H,1-6,13H2,(H,14,15)(H,16,17)/p-2. The number of carbonyl (C=O) groups is 2. The van der Waals surface area contributed by atoms with Crippen LogP contribution in [0, 0.1) is 0 Å². The van der Waals surface area contributed by atoms with Gasteiger partial charge in [0.2, 0.25) is 0 Å². The molecule has 6 heteroatoms. The molecule has 0 aliphatic heterocycles. The van der Waals surface area contributed by atoms with E-state index >= 15 is 0 Å². The molecule has 0 spiro atoms. The second-order valence-corrected chi connectivity index (χ2v) is 5.26. The van der Waals surface area contributed by atoms with E-state index in [1.54, 1.807) is 0 Å². The predicted octanol–water partition coefficient (Wildman–Crippen LogP) is -0.524. The highest BCUT2D eigenvalue weighted by molar-refractivity contribution is 7.12. The van der Waals surface area contributed by atoms with Crippen molar-refractivity contribution in [3.8, 4) is 0 Å². The number of carboxylic acids is 2. The fourth-order valence-electron chi connectivity index (χ4n) is 1.62. The summed E-state index contributed by atoms with van der Waals surface area (Å²) in [4.78, 5) is 22.5. The lowest BCUT2D eigenvalue weighted by molar-refractivity contribution is -0.307. The predicted molar refractivity (Wildman–Crippen MR) is 64.6 cm³/mol. The van der Waals surface area contributed by atoms with E-state index in [0.29, 0.717) is 31.4 Å². The summed E-state index contributed by atoms with van der Waals surface area (Å²) in [7, 11) is 0. The molecular weight excluding hydrogens is 254 g/mol. The number of nitrogen functional groups attached to an aromatic ring is 1. The average molecular weight is 269 g/mol. The normalized spacial score (nSPS) is 10.4. The highest BCUT2D eigenvalue weighted by Crippen LogP contribution is 2.27. The highest BCUT2D eigenvalue weighted by Gasteiger charge is 2.06. The van der Waals surface area contributed by atoms with Crippen molar-refractivity contribution in [1.29, 1.82) is 0 Å². The van der Waals surface area contributed by atoms with E-state index in [4.69, 9.17) is 5.73 Å². The van der Waals surface area contributed by atoms with Crippen molar-refractivity contribution < 1.29 is 19.8 Å². The average Bonchev–Trinajstić information content (AvgIpc) is 2.58. The number of thiophene rings is 1. The second-order valence-electron chi connectivity index (χ2n) is 4.04. The Labute approximate surface area is 109 Å². The van der Waals surface area contributed by atoms with Gasteiger partial charge in [-0.2, -0.15) is 0 Å². The van der Waals surface area contributed by atoms with Gasteiger partial charge in [-0.15, -0.1) is 11.3 Å². The Balaban J connectivity index is 2.43. The Hall–Kier alpha value is -1.56. The number of aliphatic carboxylic acids is 2. The van der Waals surface area contributed by atoms with Crippen LogP contribution in [0.15, 0.2) is 6.07 Å². The van der Waals surface area contributed by atoms with E-state index in [-0.39, 0.29) is 12.8 Å². The summed E-state index contributed by atoms with van der Waals surface area (Å²) in [6.45, 7) is 0. The van der Waals surface area contributed by atoms with Crippen LogP contribution in [0.2, 0.25) is 0 Å². The molecule has 1 aromatic rings. The molecule has 0 unspecified atom stereocenters. The minimum absolute atomic E-state index is 0.0252. The van der Waals surface area contributed by atoms with Crippen molar-refractivity contribution in [2.75, 3.05) is 5.73 Å². The van der Waals surface area contributed by atoms with Crippen LogP contribution >= 0.6 is 11.3 Å². The van der Waals surface area contributed by atoms with Gasteiger partial charge in [-0.05, 0) is 44.6 Å². The van der Waals surface area contributed by atoms with Crippen LogP contribution in [-0.4, -0.2) is 11.9 Å². The molecule has 1 heterocycles. The lowest BCUT2D eigenvalue weighted by Gasteiger charge is -2.01. The minimum Gasteiger partial charge on any atom is -0.550 e.